The van der Waals surface area contributed by atoms with Gasteiger partial charge in [-0.2, -0.15) is 0 Å². The summed E-state index contributed by atoms with van der Waals surface area (Å²) in [7, 11) is 0. The molecule has 4 rings (SSSR count). The predicted molar refractivity (Wildman–Crippen MR) is 100 cm³/mol. The number of nitrogens with zero attached hydrogens (tertiary/aromatic N) is 1. The highest BCUT2D eigenvalue weighted by Crippen LogP contribution is 2.38. The van der Waals surface area contributed by atoms with Crippen LogP contribution in [0.1, 0.15) is 18.4 Å². The van der Waals surface area contributed by atoms with E-state index < -0.39 is 5.97 Å². The Labute approximate surface area is 157 Å². The lowest BCUT2D eigenvalue weighted by molar-refractivity contribution is -0.133. The van der Waals surface area contributed by atoms with Crippen molar-refractivity contribution in [3.8, 4) is 5.75 Å². The fourth-order valence-electron chi connectivity index (χ4n) is 3.67. The molecule has 5 heteroatoms. The number of esters is 1. The summed E-state index contributed by atoms with van der Waals surface area (Å²) >= 11 is 0. The largest absolute Gasteiger partial charge is 0.426 e. The number of rotatable bonds is 4. The highest BCUT2D eigenvalue weighted by molar-refractivity contribution is 6.22. The number of carbonyl (C=O) groups is 3. The number of fused-ring (bicyclic) bond motifs is 1. The van der Waals surface area contributed by atoms with E-state index in [2.05, 4.69) is 0 Å². The molecule has 1 aliphatic carbocycles. The second-order valence-electron chi connectivity index (χ2n) is 6.80. The zero-order valence-corrected chi connectivity index (χ0v) is 14.7. The monoisotopic (exact) mass is 361 g/mol. The average Bonchev–Trinajstić information content (AvgIpc) is 2.94. The van der Waals surface area contributed by atoms with Gasteiger partial charge in [-0.1, -0.05) is 48.6 Å². The second kappa shape index (κ2) is 7.19. The Balaban J connectivity index is 1.50. The van der Waals surface area contributed by atoms with Crippen LogP contribution in [-0.4, -0.2) is 17.8 Å². The molecule has 2 unspecified atom stereocenters. The summed E-state index contributed by atoms with van der Waals surface area (Å²) in [6.07, 6.45) is 5.26. The van der Waals surface area contributed by atoms with Gasteiger partial charge in [0, 0.05) is 6.07 Å². The smallest absolute Gasteiger partial charge is 0.315 e. The Morgan fingerprint density at radius 1 is 0.926 bits per heavy atom. The Hall–Kier alpha value is -3.21. The molecule has 0 spiro atoms. The van der Waals surface area contributed by atoms with Crippen molar-refractivity contribution in [3.05, 3.63) is 72.3 Å². The first-order valence-electron chi connectivity index (χ1n) is 9.01. The summed E-state index contributed by atoms with van der Waals surface area (Å²) < 4.78 is 5.41. The van der Waals surface area contributed by atoms with Gasteiger partial charge in [-0.25, -0.2) is 4.90 Å². The normalized spacial score (nSPS) is 21.3. The fraction of sp³-hybridized carbons (Fsp3) is 0.227. The number of ether oxygens (including phenoxy) is 1. The minimum Gasteiger partial charge on any atom is -0.426 e. The first kappa shape index (κ1) is 17.2. The Morgan fingerprint density at radius 2 is 1.59 bits per heavy atom. The van der Waals surface area contributed by atoms with Crippen molar-refractivity contribution in [3.63, 3.8) is 0 Å². The summed E-state index contributed by atoms with van der Waals surface area (Å²) in [6.45, 7) is 0. The van der Waals surface area contributed by atoms with Crippen LogP contribution in [0.15, 0.2) is 66.7 Å². The molecule has 0 N–H and O–H groups in total. The maximum Gasteiger partial charge on any atom is 0.315 e. The van der Waals surface area contributed by atoms with Crippen molar-refractivity contribution in [2.45, 2.75) is 19.3 Å². The summed E-state index contributed by atoms with van der Waals surface area (Å²) in [4.78, 5) is 38.8. The van der Waals surface area contributed by atoms with Gasteiger partial charge >= 0.3 is 5.97 Å². The third kappa shape index (κ3) is 3.40. The van der Waals surface area contributed by atoms with Crippen molar-refractivity contribution in [2.24, 2.45) is 11.8 Å². The van der Waals surface area contributed by atoms with Crippen LogP contribution in [-0.2, 0) is 20.8 Å². The summed E-state index contributed by atoms with van der Waals surface area (Å²) in [6, 6.07) is 15.9. The lowest BCUT2D eigenvalue weighted by atomic mass is 9.85. The Kier molecular flexibility index (Phi) is 4.59. The van der Waals surface area contributed by atoms with Crippen LogP contribution in [0.4, 0.5) is 5.69 Å². The molecule has 0 radical (unpaired) electrons. The van der Waals surface area contributed by atoms with E-state index in [9.17, 15) is 14.4 Å². The van der Waals surface area contributed by atoms with Crippen LogP contribution in [0.25, 0.3) is 0 Å². The third-order valence-corrected chi connectivity index (χ3v) is 5.01. The molecule has 5 nitrogen and oxygen atoms in total. The molecule has 2 aliphatic rings. The van der Waals surface area contributed by atoms with Gasteiger partial charge in [-0.05, 0) is 30.5 Å². The lowest BCUT2D eigenvalue weighted by Gasteiger charge is -2.15. The van der Waals surface area contributed by atoms with Gasteiger partial charge in [0.1, 0.15) is 5.75 Å². The summed E-state index contributed by atoms with van der Waals surface area (Å²) in [5.41, 5.74) is 1.31. The average molecular weight is 361 g/mol. The molecule has 0 bridgehead atoms. The highest BCUT2D eigenvalue weighted by Gasteiger charge is 2.47. The minimum atomic E-state index is -0.393. The van der Waals surface area contributed by atoms with E-state index in [4.69, 9.17) is 4.74 Å². The molecule has 0 saturated carbocycles. The molecule has 1 fully saturated rings. The first-order valence-corrected chi connectivity index (χ1v) is 9.01. The van der Waals surface area contributed by atoms with Crippen LogP contribution in [0.3, 0.4) is 0 Å². The van der Waals surface area contributed by atoms with Crippen molar-refractivity contribution < 1.29 is 19.1 Å². The molecule has 2 atom stereocenters. The maximum atomic E-state index is 12.7. The molecule has 2 aromatic rings. The molecular formula is C22H19NO4. The van der Waals surface area contributed by atoms with Crippen LogP contribution in [0.2, 0.25) is 0 Å². The number of imide groups is 1. The molecule has 1 aliphatic heterocycles. The van der Waals surface area contributed by atoms with Crippen molar-refractivity contribution >= 4 is 23.5 Å². The quantitative estimate of drug-likeness (QED) is 0.363. The number of carbonyl (C=O) groups excluding carboxylic acids is 3. The predicted octanol–water partition coefficient (Wildman–Crippen LogP) is 3.29. The van der Waals surface area contributed by atoms with Crippen molar-refractivity contribution in [1.82, 2.24) is 0 Å². The fourth-order valence-corrected chi connectivity index (χ4v) is 3.67. The van der Waals surface area contributed by atoms with E-state index in [0.717, 1.165) is 5.56 Å². The number of benzene rings is 2. The molecule has 2 aromatic carbocycles. The molecule has 136 valence electrons. The second-order valence-corrected chi connectivity index (χ2v) is 6.80. The van der Waals surface area contributed by atoms with Gasteiger partial charge in [0.15, 0.2) is 0 Å². The van der Waals surface area contributed by atoms with E-state index in [1.165, 1.54) is 4.90 Å². The number of allylic oxidation sites excluding steroid dienone is 2. The van der Waals surface area contributed by atoms with E-state index >= 15 is 0 Å². The standard InChI is InChI=1S/C22H19NO4/c24-20(13-15-7-2-1-3-8-15)27-17-10-6-9-16(14-17)23-21(25)18-11-4-5-12-19(18)22(23)26/h1-10,14,18-19H,11-13H2. The van der Waals surface area contributed by atoms with Crippen molar-refractivity contribution in [1.29, 1.82) is 0 Å². The number of hydrogen-bond acceptors (Lipinski definition) is 4. The Morgan fingerprint density at radius 3 is 2.26 bits per heavy atom. The number of amides is 2. The number of anilines is 1. The molecule has 0 aromatic heterocycles. The molecule has 2 amide bonds. The number of hydrogen-bond donors (Lipinski definition) is 0. The summed E-state index contributed by atoms with van der Waals surface area (Å²) in [5, 5.41) is 0. The SMILES string of the molecule is O=C(Cc1ccccc1)Oc1cccc(N2C(=O)C3CC=CCC3C2=O)c1. The Bertz CT molecular complexity index is 893. The van der Waals surface area contributed by atoms with E-state index in [0.29, 0.717) is 24.3 Å². The van der Waals surface area contributed by atoms with Gasteiger partial charge in [-0.3, -0.25) is 14.4 Å². The van der Waals surface area contributed by atoms with E-state index in [1.54, 1.807) is 24.3 Å². The lowest BCUT2D eigenvalue weighted by Crippen LogP contribution is -2.30. The van der Waals surface area contributed by atoms with Crippen LogP contribution < -0.4 is 9.64 Å². The van der Waals surface area contributed by atoms with Gasteiger partial charge in [0.05, 0.1) is 23.9 Å². The molecule has 27 heavy (non-hydrogen) atoms. The van der Waals surface area contributed by atoms with Crippen LogP contribution in [0, 0.1) is 11.8 Å². The van der Waals surface area contributed by atoms with Gasteiger partial charge < -0.3 is 4.74 Å². The minimum absolute atomic E-state index is 0.155. The molecule has 1 saturated heterocycles. The maximum absolute atomic E-state index is 12.7. The third-order valence-electron chi connectivity index (χ3n) is 5.01. The van der Waals surface area contributed by atoms with Crippen molar-refractivity contribution in [2.75, 3.05) is 4.90 Å². The zero-order chi connectivity index (χ0) is 18.8. The van der Waals surface area contributed by atoms with E-state index in [1.807, 2.05) is 42.5 Å². The van der Waals surface area contributed by atoms with Crippen LogP contribution >= 0.6 is 0 Å². The zero-order valence-electron chi connectivity index (χ0n) is 14.7. The van der Waals surface area contributed by atoms with E-state index in [-0.39, 0.29) is 30.1 Å². The topological polar surface area (TPSA) is 63.7 Å². The van der Waals surface area contributed by atoms with Gasteiger partial charge in [0.25, 0.3) is 0 Å². The molecular weight excluding hydrogens is 342 g/mol. The first-order chi connectivity index (χ1) is 13.1. The van der Waals surface area contributed by atoms with Gasteiger partial charge in [0.2, 0.25) is 11.8 Å². The van der Waals surface area contributed by atoms with Crippen LogP contribution in [0.5, 0.6) is 5.75 Å². The summed E-state index contributed by atoms with van der Waals surface area (Å²) in [5.74, 6) is -1.000. The van der Waals surface area contributed by atoms with Gasteiger partial charge in [-0.15, -0.1) is 0 Å². The highest BCUT2D eigenvalue weighted by atomic mass is 16.5. The molecule has 1 heterocycles.